The Morgan fingerprint density at radius 2 is 2.12 bits per heavy atom. The van der Waals surface area contributed by atoms with Gasteiger partial charge < -0.3 is 14.8 Å². The monoisotopic (exact) mass is 384 g/mol. The second-order valence-corrected chi connectivity index (χ2v) is 8.64. The molecule has 0 saturated carbocycles. The molecule has 1 amide bonds. The molecule has 0 bridgehead atoms. The summed E-state index contributed by atoms with van der Waals surface area (Å²) in [6, 6.07) is 4.70. The molecule has 1 aliphatic heterocycles. The van der Waals surface area contributed by atoms with Crippen molar-refractivity contribution in [2.45, 2.75) is 37.6 Å². The van der Waals surface area contributed by atoms with Crippen LogP contribution in [-0.2, 0) is 19.6 Å². The number of carbonyl (C=O) groups excluding carboxylic acids is 1. The zero-order valence-electron chi connectivity index (χ0n) is 15.8. The lowest BCUT2D eigenvalue weighted by Gasteiger charge is -2.32. The minimum absolute atomic E-state index is 0.108. The molecule has 26 heavy (non-hydrogen) atoms. The van der Waals surface area contributed by atoms with Crippen molar-refractivity contribution >= 4 is 15.9 Å². The van der Waals surface area contributed by atoms with Gasteiger partial charge in [0, 0.05) is 26.2 Å². The molecule has 1 fully saturated rings. The minimum Gasteiger partial charge on any atom is -0.496 e. The summed E-state index contributed by atoms with van der Waals surface area (Å²) < 4.78 is 37.6. The molecule has 1 aromatic rings. The van der Waals surface area contributed by atoms with Gasteiger partial charge in [-0.2, -0.15) is 4.31 Å². The number of rotatable bonds is 7. The van der Waals surface area contributed by atoms with E-state index in [1.807, 2.05) is 13.8 Å². The van der Waals surface area contributed by atoms with Gasteiger partial charge in [0.15, 0.2) is 0 Å². The number of amides is 1. The average Bonchev–Trinajstić information content (AvgIpc) is 2.61. The van der Waals surface area contributed by atoms with Gasteiger partial charge in [0.1, 0.15) is 5.75 Å². The number of sulfonamides is 1. The number of hydrogen-bond acceptors (Lipinski definition) is 5. The molecule has 1 heterocycles. The van der Waals surface area contributed by atoms with Crippen LogP contribution < -0.4 is 10.1 Å². The van der Waals surface area contributed by atoms with Crippen LogP contribution in [0, 0.1) is 12.8 Å². The first-order valence-electron chi connectivity index (χ1n) is 8.73. The number of benzene rings is 1. The van der Waals surface area contributed by atoms with Gasteiger partial charge in [-0.25, -0.2) is 8.42 Å². The molecule has 2 atom stereocenters. The van der Waals surface area contributed by atoms with Gasteiger partial charge in [0.2, 0.25) is 15.9 Å². The quantitative estimate of drug-likeness (QED) is 0.771. The summed E-state index contributed by atoms with van der Waals surface area (Å²) in [7, 11) is -0.513. The van der Waals surface area contributed by atoms with Gasteiger partial charge >= 0.3 is 0 Å². The van der Waals surface area contributed by atoms with Crippen LogP contribution in [0.1, 0.15) is 25.3 Å². The van der Waals surface area contributed by atoms with Gasteiger partial charge in [0.05, 0.1) is 24.5 Å². The van der Waals surface area contributed by atoms with Crippen molar-refractivity contribution in [3.63, 3.8) is 0 Å². The van der Waals surface area contributed by atoms with Gasteiger partial charge in [-0.1, -0.05) is 0 Å². The second kappa shape index (κ2) is 8.83. The molecule has 1 N–H and O–H groups in total. The van der Waals surface area contributed by atoms with Crippen molar-refractivity contribution in [2.75, 3.05) is 33.9 Å². The van der Waals surface area contributed by atoms with Gasteiger partial charge in [-0.15, -0.1) is 0 Å². The van der Waals surface area contributed by atoms with Crippen LogP contribution in [0.25, 0.3) is 0 Å². The summed E-state index contributed by atoms with van der Waals surface area (Å²) in [6.07, 6.45) is 1.34. The highest BCUT2D eigenvalue weighted by Gasteiger charge is 2.33. The van der Waals surface area contributed by atoms with E-state index in [0.29, 0.717) is 31.7 Å². The fourth-order valence-corrected chi connectivity index (χ4v) is 4.80. The van der Waals surface area contributed by atoms with Gasteiger partial charge in [0.25, 0.3) is 0 Å². The van der Waals surface area contributed by atoms with E-state index in [1.165, 1.54) is 4.31 Å². The van der Waals surface area contributed by atoms with E-state index >= 15 is 0 Å². The Bertz CT molecular complexity index is 735. The second-order valence-electron chi connectivity index (χ2n) is 6.70. The van der Waals surface area contributed by atoms with E-state index in [2.05, 4.69) is 5.32 Å². The summed E-state index contributed by atoms with van der Waals surface area (Å²) in [4.78, 5) is 12.7. The summed E-state index contributed by atoms with van der Waals surface area (Å²) in [5.41, 5.74) is 0.758. The van der Waals surface area contributed by atoms with E-state index in [0.717, 1.165) is 5.56 Å². The summed E-state index contributed by atoms with van der Waals surface area (Å²) >= 11 is 0. The van der Waals surface area contributed by atoms with Crippen LogP contribution in [0.2, 0.25) is 0 Å². The minimum atomic E-state index is -3.64. The number of methoxy groups -OCH3 is 2. The highest BCUT2D eigenvalue weighted by atomic mass is 32.2. The number of nitrogens with zero attached hydrogens (tertiary/aromatic N) is 1. The molecule has 0 spiro atoms. The van der Waals surface area contributed by atoms with E-state index in [9.17, 15) is 13.2 Å². The maximum Gasteiger partial charge on any atom is 0.243 e. The number of nitrogens with one attached hydrogen (secondary N) is 1. The molecule has 7 nitrogen and oxygen atoms in total. The van der Waals surface area contributed by atoms with E-state index in [1.54, 1.807) is 32.4 Å². The molecule has 0 unspecified atom stereocenters. The van der Waals surface area contributed by atoms with Crippen LogP contribution in [0.15, 0.2) is 23.1 Å². The Kier molecular flexibility index (Phi) is 7.02. The van der Waals surface area contributed by atoms with Crippen molar-refractivity contribution in [1.82, 2.24) is 9.62 Å². The normalized spacial score (nSPS) is 19.8. The van der Waals surface area contributed by atoms with Crippen LogP contribution >= 0.6 is 0 Å². The van der Waals surface area contributed by atoms with Crippen LogP contribution in [0.4, 0.5) is 0 Å². The molecule has 2 rings (SSSR count). The molecule has 8 heteroatoms. The number of aryl methyl sites for hydroxylation is 1. The van der Waals surface area contributed by atoms with Gasteiger partial charge in [-0.05, 0) is 50.5 Å². The molecule has 146 valence electrons. The fourth-order valence-electron chi connectivity index (χ4n) is 3.19. The van der Waals surface area contributed by atoms with E-state index < -0.39 is 10.0 Å². The summed E-state index contributed by atoms with van der Waals surface area (Å²) in [5, 5.41) is 2.88. The number of piperidine rings is 1. The fraction of sp³-hybridized carbons (Fsp3) is 0.611. The van der Waals surface area contributed by atoms with E-state index in [-0.39, 0.29) is 29.3 Å². The Morgan fingerprint density at radius 1 is 1.38 bits per heavy atom. The van der Waals surface area contributed by atoms with Crippen LogP contribution in [-0.4, -0.2) is 58.6 Å². The molecule has 0 aromatic heterocycles. The van der Waals surface area contributed by atoms with E-state index in [4.69, 9.17) is 9.47 Å². The lowest BCUT2D eigenvalue weighted by Crippen LogP contribution is -2.47. The molecular weight excluding hydrogens is 356 g/mol. The lowest BCUT2D eigenvalue weighted by atomic mass is 9.98. The summed E-state index contributed by atoms with van der Waals surface area (Å²) in [5.74, 6) is 0.171. The van der Waals surface area contributed by atoms with Crippen molar-refractivity contribution in [1.29, 1.82) is 0 Å². The number of carbonyl (C=O) groups is 1. The summed E-state index contributed by atoms with van der Waals surface area (Å²) in [6.45, 7) is 4.70. The SMILES string of the molecule is COC[C@@H](C)NC(=O)[C@H]1CCCN(S(=O)(=O)c2ccc(OC)c(C)c2)C1. The number of ether oxygens (including phenoxy) is 2. The third-order valence-corrected chi connectivity index (χ3v) is 6.43. The molecule has 0 aliphatic carbocycles. The predicted octanol–water partition coefficient (Wildman–Crippen LogP) is 1.56. The zero-order valence-corrected chi connectivity index (χ0v) is 16.6. The highest BCUT2D eigenvalue weighted by Crippen LogP contribution is 2.27. The average molecular weight is 384 g/mol. The van der Waals surface area contributed by atoms with Crippen molar-refractivity contribution < 1.29 is 22.7 Å². The first-order chi connectivity index (χ1) is 12.3. The van der Waals surface area contributed by atoms with Crippen LogP contribution in [0.5, 0.6) is 5.75 Å². The van der Waals surface area contributed by atoms with Gasteiger partial charge in [-0.3, -0.25) is 4.79 Å². The standard InChI is InChI=1S/C18H28N2O5S/c1-13-10-16(7-8-17(13)25-4)26(22,23)20-9-5-6-15(11-20)18(21)19-14(2)12-24-3/h7-8,10,14-15H,5-6,9,11-12H2,1-4H3,(H,19,21)/t14-,15+/m1/s1. The number of hydrogen-bond donors (Lipinski definition) is 1. The predicted molar refractivity (Wildman–Crippen MR) is 98.7 cm³/mol. The largest absolute Gasteiger partial charge is 0.496 e. The van der Waals surface area contributed by atoms with Crippen LogP contribution in [0.3, 0.4) is 0 Å². The maximum absolute atomic E-state index is 13.0. The molecular formula is C18H28N2O5S. The maximum atomic E-state index is 13.0. The molecule has 1 aromatic carbocycles. The van der Waals surface area contributed by atoms with Crippen molar-refractivity contribution in [2.24, 2.45) is 5.92 Å². The highest BCUT2D eigenvalue weighted by molar-refractivity contribution is 7.89. The Hall–Kier alpha value is -1.64. The molecule has 1 saturated heterocycles. The topological polar surface area (TPSA) is 84.9 Å². The first-order valence-corrected chi connectivity index (χ1v) is 10.2. The molecule has 0 radical (unpaired) electrons. The lowest BCUT2D eigenvalue weighted by molar-refractivity contribution is -0.127. The molecule has 1 aliphatic rings. The Balaban J connectivity index is 2.12. The van der Waals surface area contributed by atoms with Crippen molar-refractivity contribution in [3.8, 4) is 5.75 Å². The first kappa shape index (κ1) is 20.7. The third-order valence-electron chi connectivity index (χ3n) is 4.56. The Labute approximate surface area is 155 Å². The smallest absolute Gasteiger partial charge is 0.243 e. The third kappa shape index (κ3) is 4.75. The Morgan fingerprint density at radius 3 is 2.73 bits per heavy atom. The zero-order chi connectivity index (χ0) is 19.3. The van der Waals surface area contributed by atoms with Crippen molar-refractivity contribution in [3.05, 3.63) is 23.8 Å².